The summed E-state index contributed by atoms with van der Waals surface area (Å²) >= 11 is 11.8. The number of amides is 1. The lowest BCUT2D eigenvalue weighted by Gasteiger charge is -2.10. The molecule has 1 aromatic heterocycles. The van der Waals surface area contributed by atoms with Crippen LogP contribution in [-0.4, -0.2) is 17.5 Å². The lowest BCUT2D eigenvalue weighted by Crippen LogP contribution is -2.20. The van der Waals surface area contributed by atoms with Gasteiger partial charge >= 0.3 is 0 Å². The predicted molar refractivity (Wildman–Crippen MR) is 97.1 cm³/mol. The number of hydrogen-bond acceptors (Lipinski definition) is 3. The van der Waals surface area contributed by atoms with E-state index in [4.69, 9.17) is 27.9 Å². The number of halogens is 2. The molecule has 1 heterocycles. The quantitative estimate of drug-likeness (QED) is 0.722. The van der Waals surface area contributed by atoms with Crippen molar-refractivity contribution in [1.82, 2.24) is 4.98 Å². The van der Waals surface area contributed by atoms with E-state index in [2.05, 4.69) is 10.3 Å². The Hall–Kier alpha value is -2.30. The fourth-order valence-corrected chi connectivity index (χ4v) is 2.83. The predicted octanol–water partition coefficient (Wildman–Crippen LogP) is 4.87. The summed E-state index contributed by atoms with van der Waals surface area (Å²) in [5.41, 5.74) is 2.14. The molecule has 2 aromatic carbocycles. The minimum Gasteiger partial charge on any atom is -0.481 e. The fourth-order valence-electron chi connectivity index (χ4n) is 2.30. The Bertz CT molecular complexity index is 892. The van der Waals surface area contributed by atoms with E-state index in [0.29, 0.717) is 21.5 Å². The highest BCUT2D eigenvalue weighted by molar-refractivity contribution is 6.35. The number of hydrogen-bond donors (Lipinski definition) is 1. The summed E-state index contributed by atoms with van der Waals surface area (Å²) < 4.78 is 5.63. The molecule has 0 bridgehead atoms. The number of pyridine rings is 1. The van der Waals surface area contributed by atoms with Crippen molar-refractivity contribution in [1.29, 1.82) is 0 Å². The lowest BCUT2D eigenvalue weighted by molar-refractivity contribution is -0.118. The average molecular weight is 361 g/mol. The fraction of sp³-hybridized carbons (Fsp3) is 0.111. The molecule has 1 amide bonds. The molecule has 0 saturated heterocycles. The first-order valence-electron chi connectivity index (χ1n) is 7.26. The second kappa shape index (κ2) is 7.07. The second-order valence-electron chi connectivity index (χ2n) is 5.28. The van der Waals surface area contributed by atoms with Crippen molar-refractivity contribution in [2.75, 3.05) is 11.9 Å². The summed E-state index contributed by atoms with van der Waals surface area (Å²) in [5, 5.41) is 4.56. The number of benzene rings is 2. The third kappa shape index (κ3) is 3.96. The lowest BCUT2D eigenvalue weighted by atomic mass is 10.2. The highest BCUT2D eigenvalue weighted by atomic mass is 35.5. The van der Waals surface area contributed by atoms with Crippen LogP contribution in [0.1, 0.15) is 5.69 Å². The van der Waals surface area contributed by atoms with Gasteiger partial charge in [0.1, 0.15) is 11.3 Å². The molecule has 3 aromatic rings. The Labute approximate surface area is 149 Å². The summed E-state index contributed by atoms with van der Waals surface area (Å²) in [7, 11) is 0. The first kappa shape index (κ1) is 16.6. The van der Waals surface area contributed by atoms with Crippen LogP contribution in [0.25, 0.3) is 10.9 Å². The van der Waals surface area contributed by atoms with Gasteiger partial charge in [0.15, 0.2) is 6.61 Å². The summed E-state index contributed by atoms with van der Waals surface area (Å²) in [6, 6.07) is 14.3. The van der Waals surface area contributed by atoms with E-state index in [1.54, 1.807) is 24.3 Å². The smallest absolute Gasteiger partial charge is 0.262 e. The van der Waals surface area contributed by atoms with Crippen molar-refractivity contribution in [2.45, 2.75) is 6.92 Å². The maximum atomic E-state index is 12.1. The van der Waals surface area contributed by atoms with Crippen LogP contribution >= 0.6 is 23.2 Å². The molecule has 0 atom stereocenters. The number of fused-ring (bicyclic) bond motifs is 1. The Morgan fingerprint density at radius 2 is 1.88 bits per heavy atom. The molecule has 0 radical (unpaired) electrons. The minimum absolute atomic E-state index is 0.140. The number of carbonyl (C=O) groups is 1. The molecule has 122 valence electrons. The number of aromatic nitrogens is 1. The molecule has 6 heteroatoms. The van der Waals surface area contributed by atoms with E-state index in [-0.39, 0.29) is 12.5 Å². The molecule has 0 fully saturated rings. The number of anilines is 1. The number of rotatable bonds is 4. The highest BCUT2D eigenvalue weighted by Crippen LogP contribution is 2.24. The molecule has 1 N–H and O–H groups in total. The van der Waals surface area contributed by atoms with Gasteiger partial charge in [-0.25, -0.2) is 4.98 Å². The Kier molecular flexibility index (Phi) is 4.88. The maximum absolute atomic E-state index is 12.1. The van der Waals surface area contributed by atoms with Gasteiger partial charge in [-0.1, -0.05) is 41.4 Å². The van der Waals surface area contributed by atoms with Gasteiger partial charge in [0, 0.05) is 26.8 Å². The molecular weight excluding hydrogens is 347 g/mol. The Morgan fingerprint density at radius 1 is 1.12 bits per heavy atom. The third-order valence-corrected chi connectivity index (χ3v) is 3.76. The van der Waals surface area contributed by atoms with Crippen molar-refractivity contribution < 1.29 is 9.53 Å². The van der Waals surface area contributed by atoms with Gasteiger partial charge < -0.3 is 10.1 Å². The normalized spacial score (nSPS) is 10.6. The molecule has 4 nitrogen and oxygen atoms in total. The molecule has 0 saturated carbocycles. The molecule has 0 aliphatic rings. The molecule has 3 rings (SSSR count). The first-order chi connectivity index (χ1) is 11.5. The number of aryl methyl sites for hydroxylation is 1. The standard InChI is InChI=1S/C18H14Cl2N2O2/c1-11-5-6-12-3-2-4-16(18(12)21-11)24-10-17(23)22-15-8-13(19)7-14(20)9-15/h2-9H,10H2,1H3,(H,22,23). The van der Waals surface area contributed by atoms with Crippen LogP contribution in [0.3, 0.4) is 0 Å². The van der Waals surface area contributed by atoms with E-state index in [9.17, 15) is 4.79 Å². The van der Waals surface area contributed by atoms with Crippen LogP contribution in [0.15, 0.2) is 48.5 Å². The van der Waals surface area contributed by atoms with Crippen LogP contribution in [0, 0.1) is 6.92 Å². The molecule has 0 aliphatic heterocycles. The zero-order chi connectivity index (χ0) is 17.1. The van der Waals surface area contributed by atoms with E-state index in [1.165, 1.54) is 0 Å². The number of para-hydroxylation sites is 1. The number of nitrogens with one attached hydrogen (secondary N) is 1. The maximum Gasteiger partial charge on any atom is 0.262 e. The van der Waals surface area contributed by atoms with Crippen molar-refractivity contribution in [2.24, 2.45) is 0 Å². The number of nitrogens with zero attached hydrogens (tertiary/aromatic N) is 1. The minimum atomic E-state index is -0.307. The van der Waals surface area contributed by atoms with E-state index < -0.39 is 0 Å². The molecule has 0 spiro atoms. The Balaban J connectivity index is 1.71. The summed E-state index contributed by atoms with van der Waals surface area (Å²) in [6.45, 7) is 1.77. The largest absolute Gasteiger partial charge is 0.481 e. The molecule has 0 unspecified atom stereocenters. The average Bonchev–Trinajstić information content (AvgIpc) is 2.52. The van der Waals surface area contributed by atoms with E-state index in [1.807, 2.05) is 31.2 Å². The van der Waals surface area contributed by atoms with Gasteiger partial charge in [-0.2, -0.15) is 0 Å². The van der Waals surface area contributed by atoms with Crippen molar-refractivity contribution in [3.8, 4) is 5.75 Å². The van der Waals surface area contributed by atoms with Gasteiger partial charge in [0.25, 0.3) is 5.91 Å². The zero-order valence-corrected chi connectivity index (χ0v) is 14.4. The van der Waals surface area contributed by atoms with E-state index in [0.717, 1.165) is 16.6 Å². The molecule has 0 aliphatic carbocycles. The van der Waals surface area contributed by atoms with Crippen molar-refractivity contribution >= 4 is 45.7 Å². The Morgan fingerprint density at radius 3 is 2.62 bits per heavy atom. The second-order valence-corrected chi connectivity index (χ2v) is 6.15. The molecule has 24 heavy (non-hydrogen) atoms. The van der Waals surface area contributed by atoms with Crippen LogP contribution in [-0.2, 0) is 4.79 Å². The van der Waals surface area contributed by atoms with Gasteiger partial charge in [0.2, 0.25) is 0 Å². The number of ether oxygens (including phenoxy) is 1. The van der Waals surface area contributed by atoms with Gasteiger partial charge in [0.05, 0.1) is 0 Å². The van der Waals surface area contributed by atoms with Crippen LogP contribution in [0.4, 0.5) is 5.69 Å². The SMILES string of the molecule is Cc1ccc2cccc(OCC(=O)Nc3cc(Cl)cc(Cl)c3)c2n1. The van der Waals surface area contributed by atoms with Crippen molar-refractivity contribution in [3.05, 3.63) is 64.3 Å². The van der Waals surface area contributed by atoms with Crippen LogP contribution in [0.2, 0.25) is 10.0 Å². The van der Waals surface area contributed by atoms with E-state index >= 15 is 0 Å². The summed E-state index contributed by atoms with van der Waals surface area (Å²) in [5.74, 6) is 0.258. The van der Waals surface area contributed by atoms with Gasteiger partial charge in [-0.05, 0) is 37.3 Å². The topological polar surface area (TPSA) is 51.2 Å². The van der Waals surface area contributed by atoms with Crippen LogP contribution < -0.4 is 10.1 Å². The molecular formula is C18H14Cl2N2O2. The third-order valence-electron chi connectivity index (χ3n) is 3.33. The van der Waals surface area contributed by atoms with Crippen LogP contribution in [0.5, 0.6) is 5.75 Å². The summed E-state index contributed by atoms with van der Waals surface area (Å²) in [6.07, 6.45) is 0. The summed E-state index contributed by atoms with van der Waals surface area (Å²) in [4.78, 5) is 16.5. The van der Waals surface area contributed by atoms with Gasteiger partial charge in [-0.15, -0.1) is 0 Å². The highest BCUT2D eigenvalue weighted by Gasteiger charge is 2.08. The first-order valence-corrected chi connectivity index (χ1v) is 8.02. The van der Waals surface area contributed by atoms with Crippen molar-refractivity contribution in [3.63, 3.8) is 0 Å². The monoisotopic (exact) mass is 360 g/mol. The number of carbonyl (C=O) groups excluding carboxylic acids is 1. The van der Waals surface area contributed by atoms with Gasteiger partial charge in [-0.3, -0.25) is 4.79 Å². The zero-order valence-electron chi connectivity index (χ0n) is 12.8.